The van der Waals surface area contributed by atoms with E-state index in [-0.39, 0.29) is 20.4 Å². The molecule has 4 atom stereocenters. The number of aliphatic hydroxyl groups excluding tert-OH is 5. The number of hydrogen-bond donors (Lipinski definition) is 6. The van der Waals surface area contributed by atoms with Gasteiger partial charge in [-0.1, -0.05) is 0 Å². The van der Waals surface area contributed by atoms with Gasteiger partial charge in [-0.25, -0.2) is 4.79 Å². The van der Waals surface area contributed by atoms with Crippen LogP contribution in [0.4, 0.5) is 0 Å². The summed E-state index contributed by atoms with van der Waals surface area (Å²) in [6, 6.07) is 0. The van der Waals surface area contributed by atoms with Gasteiger partial charge in [-0.05, 0) is 0 Å². The van der Waals surface area contributed by atoms with Crippen molar-refractivity contribution in [2.75, 3.05) is 6.61 Å². The van der Waals surface area contributed by atoms with E-state index in [4.69, 9.17) is 30.6 Å². The maximum atomic E-state index is 10.1. The van der Waals surface area contributed by atoms with Gasteiger partial charge in [-0.2, -0.15) is 0 Å². The summed E-state index contributed by atoms with van der Waals surface area (Å²) in [6.07, 6.45) is -7.84. The van der Waals surface area contributed by atoms with E-state index in [9.17, 15) is 4.79 Å². The Morgan fingerprint density at radius 2 is 1.50 bits per heavy atom. The number of hydrogen-bond acceptors (Lipinski definition) is 6. The first-order valence-electron chi connectivity index (χ1n) is 3.47. The van der Waals surface area contributed by atoms with Crippen LogP contribution in [0.25, 0.3) is 0 Å². The first kappa shape index (κ1) is 16.4. The summed E-state index contributed by atoms with van der Waals surface area (Å²) in [6.45, 7) is -0.843. The van der Waals surface area contributed by atoms with Crippen LogP contribution in [0, 0.1) is 0 Å². The normalized spacial score (nSPS) is 18.9. The van der Waals surface area contributed by atoms with Crippen LogP contribution in [0.5, 0.6) is 0 Å². The molecule has 0 aromatic carbocycles. The van der Waals surface area contributed by atoms with Crippen LogP contribution < -0.4 is 0 Å². The monoisotopic (exact) mass is 383 g/mol. The standard InChI is InChI=1S/C6H12O7.Re/c7-1-2(8)3(9)4(10)5(11)6(12)13;/h2-5,7-11H,1H2,(H,12,13);. The van der Waals surface area contributed by atoms with E-state index in [1.807, 2.05) is 0 Å². The summed E-state index contributed by atoms with van der Waals surface area (Å²) < 4.78 is 0. The molecule has 6 N–H and O–H groups in total. The Morgan fingerprint density at radius 3 is 1.79 bits per heavy atom. The Hall–Kier alpha value is -0.0677. The predicted octanol–water partition coefficient (Wildman–Crippen LogP) is -3.50. The second kappa shape index (κ2) is 7.25. The molecule has 0 aromatic heterocycles. The molecule has 7 nitrogen and oxygen atoms in total. The molecule has 0 aliphatic heterocycles. The van der Waals surface area contributed by atoms with Gasteiger partial charge in [0, 0.05) is 20.4 Å². The fourth-order valence-corrected chi connectivity index (χ4v) is 0.668. The SMILES string of the molecule is O=C(O)C(O)C(O)C(O)C(O)CO.[Re]. The van der Waals surface area contributed by atoms with Crippen molar-refractivity contribution in [2.24, 2.45) is 0 Å². The zero-order valence-corrected chi connectivity index (χ0v) is 9.70. The molecule has 0 aromatic rings. The van der Waals surface area contributed by atoms with E-state index in [1.165, 1.54) is 0 Å². The Morgan fingerprint density at radius 1 is 1.07 bits per heavy atom. The number of aliphatic carboxylic acids is 1. The first-order valence-corrected chi connectivity index (χ1v) is 3.47. The zero-order chi connectivity index (χ0) is 10.6. The molecule has 0 heterocycles. The van der Waals surface area contributed by atoms with Crippen LogP contribution in [0.2, 0.25) is 0 Å². The topological polar surface area (TPSA) is 138 Å². The van der Waals surface area contributed by atoms with Crippen molar-refractivity contribution in [3.8, 4) is 0 Å². The molecule has 8 heteroatoms. The van der Waals surface area contributed by atoms with Crippen molar-refractivity contribution >= 4 is 5.97 Å². The van der Waals surface area contributed by atoms with Gasteiger partial charge in [-0.3, -0.25) is 0 Å². The van der Waals surface area contributed by atoms with Crippen LogP contribution >= 0.6 is 0 Å². The van der Waals surface area contributed by atoms with Crippen molar-refractivity contribution in [2.45, 2.75) is 24.4 Å². The number of carboxylic acids is 1. The summed E-state index contributed by atoms with van der Waals surface area (Å²) in [5, 5.41) is 51.8. The van der Waals surface area contributed by atoms with Gasteiger partial charge < -0.3 is 30.6 Å². The Labute approximate surface area is 93.3 Å². The minimum absolute atomic E-state index is 0. The third-order valence-electron chi connectivity index (χ3n) is 1.51. The molecule has 0 fully saturated rings. The maximum Gasteiger partial charge on any atom is 0.335 e. The minimum atomic E-state index is -2.20. The van der Waals surface area contributed by atoms with Crippen molar-refractivity contribution in [3.05, 3.63) is 0 Å². The molecule has 0 aliphatic rings. The molecule has 0 bridgehead atoms. The molecule has 1 radical (unpaired) electrons. The van der Waals surface area contributed by atoms with Crippen LogP contribution in [0.1, 0.15) is 0 Å². The largest absolute Gasteiger partial charge is 0.479 e. The van der Waals surface area contributed by atoms with Gasteiger partial charge in [0.25, 0.3) is 0 Å². The molecule has 0 saturated heterocycles. The van der Waals surface area contributed by atoms with E-state index in [2.05, 4.69) is 0 Å². The van der Waals surface area contributed by atoms with Crippen LogP contribution in [-0.4, -0.2) is 67.6 Å². The smallest absolute Gasteiger partial charge is 0.335 e. The van der Waals surface area contributed by atoms with Gasteiger partial charge in [-0.15, -0.1) is 0 Å². The molecule has 0 saturated carbocycles. The molecule has 0 aliphatic carbocycles. The summed E-state index contributed by atoms with van der Waals surface area (Å²) in [4.78, 5) is 10.1. The Kier molecular flexibility index (Phi) is 8.48. The second-order valence-electron chi connectivity index (χ2n) is 2.51. The third-order valence-corrected chi connectivity index (χ3v) is 1.51. The van der Waals surface area contributed by atoms with Crippen molar-refractivity contribution in [1.82, 2.24) is 0 Å². The fraction of sp³-hybridized carbons (Fsp3) is 0.833. The minimum Gasteiger partial charge on any atom is -0.479 e. The number of aliphatic hydroxyl groups is 5. The predicted molar refractivity (Wildman–Crippen MR) is 38.7 cm³/mol. The molecule has 0 amide bonds. The molecule has 0 spiro atoms. The molecule has 85 valence electrons. The molecule has 14 heavy (non-hydrogen) atoms. The van der Waals surface area contributed by atoms with E-state index in [1.54, 1.807) is 0 Å². The second-order valence-corrected chi connectivity index (χ2v) is 2.51. The summed E-state index contributed by atoms with van der Waals surface area (Å²) >= 11 is 0. The number of carboxylic acid groups (broad SMARTS) is 1. The average Bonchev–Trinajstić information content (AvgIpc) is 2.12. The third kappa shape index (κ3) is 4.43. The van der Waals surface area contributed by atoms with E-state index in [0.29, 0.717) is 0 Å². The van der Waals surface area contributed by atoms with E-state index < -0.39 is 37.0 Å². The van der Waals surface area contributed by atoms with Gasteiger partial charge in [0.1, 0.15) is 18.3 Å². The van der Waals surface area contributed by atoms with E-state index >= 15 is 0 Å². The van der Waals surface area contributed by atoms with Gasteiger partial charge >= 0.3 is 5.97 Å². The van der Waals surface area contributed by atoms with Crippen LogP contribution in [0.3, 0.4) is 0 Å². The molecule has 0 rings (SSSR count). The number of carbonyl (C=O) groups is 1. The van der Waals surface area contributed by atoms with Gasteiger partial charge in [0.15, 0.2) is 6.10 Å². The zero-order valence-electron chi connectivity index (χ0n) is 6.99. The van der Waals surface area contributed by atoms with Crippen molar-refractivity contribution in [3.63, 3.8) is 0 Å². The van der Waals surface area contributed by atoms with E-state index in [0.717, 1.165) is 0 Å². The Balaban J connectivity index is 0. The molecule has 4 unspecified atom stereocenters. The quantitative estimate of drug-likeness (QED) is 0.290. The summed E-state index contributed by atoms with van der Waals surface area (Å²) in [5.74, 6) is -1.73. The summed E-state index contributed by atoms with van der Waals surface area (Å²) in [7, 11) is 0. The fourth-order valence-electron chi connectivity index (χ4n) is 0.668. The Bertz CT molecular complexity index is 176. The van der Waals surface area contributed by atoms with Crippen molar-refractivity contribution < 1.29 is 55.9 Å². The maximum absolute atomic E-state index is 10.1. The first-order chi connectivity index (χ1) is 5.91. The average molecular weight is 382 g/mol. The summed E-state index contributed by atoms with van der Waals surface area (Å²) in [5.41, 5.74) is 0. The van der Waals surface area contributed by atoms with Crippen LogP contribution in [-0.2, 0) is 25.2 Å². The van der Waals surface area contributed by atoms with Gasteiger partial charge in [0.2, 0.25) is 0 Å². The van der Waals surface area contributed by atoms with Crippen molar-refractivity contribution in [1.29, 1.82) is 0 Å². The molecular weight excluding hydrogens is 370 g/mol. The number of rotatable bonds is 5. The van der Waals surface area contributed by atoms with Gasteiger partial charge in [0.05, 0.1) is 6.61 Å². The molecular formula is C6H12O7Re. The van der Waals surface area contributed by atoms with Crippen LogP contribution in [0.15, 0.2) is 0 Å².